The van der Waals surface area contributed by atoms with Gasteiger partial charge in [-0.3, -0.25) is 16.0 Å². The predicted molar refractivity (Wildman–Crippen MR) is 105 cm³/mol. The van der Waals surface area contributed by atoms with Gasteiger partial charge in [-0.1, -0.05) is 11.6 Å². The van der Waals surface area contributed by atoms with E-state index in [2.05, 4.69) is 27.3 Å². The minimum absolute atomic E-state index is 0.00203. The van der Waals surface area contributed by atoms with E-state index in [1.807, 2.05) is 5.32 Å². The highest BCUT2D eigenvalue weighted by molar-refractivity contribution is 5.15. The van der Waals surface area contributed by atoms with Crippen molar-refractivity contribution in [1.29, 1.82) is 0 Å². The number of rotatable bonds is 5. The molecule has 0 radical (unpaired) electrons. The van der Waals surface area contributed by atoms with Gasteiger partial charge < -0.3 is 30.1 Å². The lowest BCUT2D eigenvalue weighted by atomic mass is 9.76. The van der Waals surface area contributed by atoms with Crippen molar-refractivity contribution < 1.29 is 29.2 Å². The molecule has 8 N–H and O–H groups in total. The third kappa shape index (κ3) is 5.36. The van der Waals surface area contributed by atoms with Crippen LogP contribution in [0.4, 0.5) is 4.39 Å². The van der Waals surface area contributed by atoms with Crippen molar-refractivity contribution in [2.75, 3.05) is 19.9 Å². The standard InChI is InChI=1S/C19H34FN5O5/c1-10-15(20)17(25-19(26,27)28)24-18(22-10)23-12-7-13(11-3-2-5-21-6-4-11)16-14(8-12)29-9-30-16/h4,10,12-18,21-28H,2-3,5-9H2,1H3. The van der Waals surface area contributed by atoms with Crippen molar-refractivity contribution in [3.63, 3.8) is 0 Å². The molecule has 0 spiro atoms. The van der Waals surface area contributed by atoms with Crippen LogP contribution >= 0.6 is 0 Å². The Morgan fingerprint density at radius 1 is 1.20 bits per heavy atom. The summed E-state index contributed by atoms with van der Waals surface area (Å²) in [7, 11) is 0. The summed E-state index contributed by atoms with van der Waals surface area (Å²) in [6.45, 7) is 3.85. The zero-order valence-electron chi connectivity index (χ0n) is 17.2. The second-order valence-electron chi connectivity index (χ2n) is 8.74. The molecule has 172 valence electrons. The molecule has 4 rings (SSSR count). The number of fused-ring (bicyclic) bond motifs is 1. The fourth-order valence-electron chi connectivity index (χ4n) is 5.09. The minimum atomic E-state index is -3.16. The Kier molecular flexibility index (Phi) is 7.04. The molecule has 4 aliphatic rings. The number of ether oxygens (including phenoxy) is 2. The first-order valence-corrected chi connectivity index (χ1v) is 10.8. The average Bonchev–Trinajstić information content (AvgIpc) is 2.97. The molecule has 0 aromatic rings. The maximum atomic E-state index is 14.4. The molecule has 3 fully saturated rings. The van der Waals surface area contributed by atoms with E-state index in [1.165, 1.54) is 5.57 Å². The van der Waals surface area contributed by atoms with Crippen LogP contribution in [0.15, 0.2) is 11.6 Å². The molecule has 0 bridgehead atoms. The topological polar surface area (TPSA) is 139 Å². The SMILES string of the molecule is CC1NC(NC2CC3OCOC3C(C3=CCNCCC3)C2)NC(NC(O)(O)O)C1F. The van der Waals surface area contributed by atoms with Gasteiger partial charge in [0.2, 0.25) is 0 Å². The highest BCUT2D eigenvalue weighted by atomic mass is 19.1. The van der Waals surface area contributed by atoms with Gasteiger partial charge in [-0.25, -0.2) is 9.71 Å². The first-order chi connectivity index (χ1) is 14.3. The summed E-state index contributed by atoms with van der Waals surface area (Å²) in [5, 5.41) is 42.5. The van der Waals surface area contributed by atoms with Gasteiger partial charge in [0, 0.05) is 24.5 Å². The Labute approximate surface area is 175 Å². The largest absolute Gasteiger partial charge is 0.349 e. The smallest absolute Gasteiger partial charge is 0.344 e. The van der Waals surface area contributed by atoms with Gasteiger partial charge in [0.1, 0.15) is 19.3 Å². The molecule has 0 amide bonds. The summed E-state index contributed by atoms with van der Waals surface area (Å²) in [6, 6.07) is -0.483. The van der Waals surface area contributed by atoms with Gasteiger partial charge in [0.15, 0.2) is 0 Å². The summed E-state index contributed by atoms with van der Waals surface area (Å²) in [4.78, 5) is 0. The van der Waals surface area contributed by atoms with Crippen LogP contribution < -0.4 is 26.6 Å². The van der Waals surface area contributed by atoms with Crippen LogP contribution in [0, 0.1) is 5.92 Å². The van der Waals surface area contributed by atoms with Gasteiger partial charge in [-0.05, 0) is 39.2 Å². The molecule has 0 aromatic heterocycles. The number of halogens is 1. The van der Waals surface area contributed by atoms with E-state index in [9.17, 15) is 19.7 Å². The number of hydrogen-bond acceptors (Lipinski definition) is 10. The fourth-order valence-corrected chi connectivity index (χ4v) is 5.09. The molecular weight excluding hydrogens is 397 g/mol. The van der Waals surface area contributed by atoms with Crippen LogP contribution in [0.25, 0.3) is 0 Å². The lowest BCUT2D eigenvalue weighted by molar-refractivity contribution is -0.339. The molecule has 8 unspecified atom stereocenters. The summed E-state index contributed by atoms with van der Waals surface area (Å²) in [5.74, 6) is 0.257. The maximum absolute atomic E-state index is 14.4. The fraction of sp³-hybridized carbons (Fsp3) is 0.895. The lowest BCUT2D eigenvalue weighted by Crippen LogP contribution is -2.75. The molecule has 30 heavy (non-hydrogen) atoms. The molecule has 10 nitrogen and oxygen atoms in total. The van der Waals surface area contributed by atoms with Gasteiger partial charge in [0.05, 0.1) is 18.4 Å². The normalized spacial score (nSPS) is 43.0. The number of alkyl halides is 1. The van der Waals surface area contributed by atoms with E-state index >= 15 is 0 Å². The number of nitrogens with one attached hydrogen (secondary N) is 5. The van der Waals surface area contributed by atoms with E-state index in [0.717, 1.165) is 38.8 Å². The molecule has 1 saturated carbocycles. The van der Waals surface area contributed by atoms with Crippen molar-refractivity contribution in [3.8, 4) is 0 Å². The van der Waals surface area contributed by atoms with Crippen LogP contribution in [0.2, 0.25) is 0 Å². The van der Waals surface area contributed by atoms with Crippen LogP contribution in [0.5, 0.6) is 0 Å². The molecule has 3 aliphatic heterocycles. The second kappa shape index (κ2) is 9.41. The predicted octanol–water partition coefficient (Wildman–Crippen LogP) is -1.89. The Morgan fingerprint density at radius 3 is 2.83 bits per heavy atom. The van der Waals surface area contributed by atoms with Crippen molar-refractivity contribution in [2.24, 2.45) is 5.92 Å². The van der Waals surface area contributed by atoms with Crippen molar-refractivity contribution in [2.45, 2.75) is 81.6 Å². The van der Waals surface area contributed by atoms with Crippen LogP contribution in [0.3, 0.4) is 0 Å². The minimum Gasteiger partial charge on any atom is -0.349 e. The molecule has 2 saturated heterocycles. The number of hydrogen-bond donors (Lipinski definition) is 8. The monoisotopic (exact) mass is 431 g/mol. The number of aliphatic hydroxyl groups is 3. The van der Waals surface area contributed by atoms with E-state index in [1.54, 1.807) is 6.92 Å². The van der Waals surface area contributed by atoms with Crippen molar-refractivity contribution >= 4 is 0 Å². The maximum Gasteiger partial charge on any atom is 0.344 e. The molecule has 0 aromatic carbocycles. The highest BCUT2D eigenvalue weighted by Crippen LogP contribution is 2.39. The summed E-state index contributed by atoms with van der Waals surface area (Å²) in [6.07, 6.45) is -0.178. The van der Waals surface area contributed by atoms with Gasteiger partial charge >= 0.3 is 6.10 Å². The zero-order chi connectivity index (χ0) is 21.3. The second-order valence-corrected chi connectivity index (χ2v) is 8.74. The summed E-state index contributed by atoms with van der Waals surface area (Å²) < 4.78 is 26.2. The first kappa shape index (κ1) is 22.5. The van der Waals surface area contributed by atoms with E-state index in [4.69, 9.17) is 9.47 Å². The van der Waals surface area contributed by atoms with Gasteiger partial charge in [-0.2, -0.15) is 0 Å². The quantitative estimate of drug-likeness (QED) is 0.184. The van der Waals surface area contributed by atoms with Gasteiger partial charge in [0.25, 0.3) is 0 Å². The zero-order valence-corrected chi connectivity index (χ0v) is 17.2. The molecule has 11 heteroatoms. The Bertz CT molecular complexity index is 621. The highest BCUT2D eigenvalue weighted by Gasteiger charge is 2.45. The summed E-state index contributed by atoms with van der Waals surface area (Å²) in [5.41, 5.74) is 1.40. The van der Waals surface area contributed by atoms with Crippen LogP contribution in [-0.4, -0.2) is 84.2 Å². The lowest BCUT2D eigenvalue weighted by Gasteiger charge is -2.44. The molecule has 3 heterocycles. The summed E-state index contributed by atoms with van der Waals surface area (Å²) >= 11 is 0. The third-order valence-electron chi connectivity index (χ3n) is 6.49. The first-order valence-electron chi connectivity index (χ1n) is 10.8. The Morgan fingerprint density at radius 2 is 2.03 bits per heavy atom. The average molecular weight is 432 g/mol. The van der Waals surface area contributed by atoms with Crippen molar-refractivity contribution in [3.05, 3.63) is 11.6 Å². The Balaban J connectivity index is 1.42. The van der Waals surface area contributed by atoms with E-state index in [0.29, 0.717) is 6.79 Å². The Hall–Kier alpha value is -0.730. The van der Waals surface area contributed by atoms with E-state index in [-0.39, 0.29) is 24.2 Å². The molecular formula is C19H34FN5O5. The van der Waals surface area contributed by atoms with E-state index < -0.39 is 30.8 Å². The third-order valence-corrected chi connectivity index (χ3v) is 6.49. The molecule has 1 aliphatic carbocycles. The van der Waals surface area contributed by atoms with Crippen molar-refractivity contribution in [1.82, 2.24) is 26.6 Å². The molecule has 8 atom stereocenters. The van der Waals surface area contributed by atoms with Crippen LogP contribution in [0.1, 0.15) is 32.6 Å². The van der Waals surface area contributed by atoms with Gasteiger partial charge in [-0.15, -0.1) is 0 Å². The van der Waals surface area contributed by atoms with Crippen LogP contribution in [-0.2, 0) is 9.47 Å².